The zero-order chi connectivity index (χ0) is 10.0. The van der Waals surface area contributed by atoms with E-state index < -0.39 is 0 Å². The summed E-state index contributed by atoms with van der Waals surface area (Å²) in [5.74, 6) is 1.63. The minimum absolute atomic E-state index is 0.122. The first-order valence-corrected chi connectivity index (χ1v) is 6.19. The van der Waals surface area contributed by atoms with Gasteiger partial charge in [-0.3, -0.25) is 0 Å². The average Bonchev–Trinajstić information content (AvgIpc) is 2.12. The van der Waals surface area contributed by atoms with Crippen molar-refractivity contribution in [1.29, 1.82) is 0 Å². The molecule has 2 heteroatoms. The first-order chi connectivity index (χ1) is 6.07. The van der Waals surface area contributed by atoms with Crippen LogP contribution in [-0.4, -0.2) is 11.2 Å². The highest BCUT2D eigenvalue weighted by molar-refractivity contribution is 14.1. The molecule has 0 aromatic rings. The fraction of sp³-hybridized carbons (Fsp3) is 0.818. The Morgan fingerprint density at radius 3 is 2.85 bits per heavy atom. The van der Waals surface area contributed by atoms with E-state index in [9.17, 15) is 5.11 Å². The lowest BCUT2D eigenvalue weighted by Crippen LogP contribution is -2.34. The van der Waals surface area contributed by atoms with Gasteiger partial charge in [-0.15, -0.1) is 0 Å². The minimum atomic E-state index is -0.122. The molecule has 0 aromatic carbocycles. The summed E-state index contributed by atoms with van der Waals surface area (Å²) < 4.78 is 1.42. The molecule has 0 bridgehead atoms. The van der Waals surface area contributed by atoms with Crippen LogP contribution in [0.2, 0.25) is 0 Å². The van der Waals surface area contributed by atoms with Crippen molar-refractivity contribution >= 4 is 22.6 Å². The van der Waals surface area contributed by atoms with E-state index in [1.165, 1.54) is 3.58 Å². The largest absolute Gasteiger partial charge is 0.392 e. The molecule has 0 heterocycles. The summed E-state index contributed by atoms with van der Waals surface area (Å²) in [6.45, 7) is 6.69. The minimum Gasteiger partial charge on any atom is -0.392 e. The van der Waals surface area contributed by atoms with E-state index in [1.54, 1.807) is 0 Å². The Bertz CT molecular complexity index is 200. The second kappa shape index (κ2) is 4.78. The van der Waals surface area contributed by atoms with Gasteiger partial charge in [0.15, 0.2) is 0 Å². The lowest BCUT2D eigenvalue weighted by molar-refractivity contribution is 0.0492. The van der Waals surface area contributed by atoms with E-state index in [0.29, 0.717) is 17.8 Å². The van der Waals surface area contributed by atoms with Gasteiger partial charge in [0.2, 0.25) is 0 Å². The number of aliphatic hydroxyl groups excluding tert-OH is 1. The summed E-state index contributed by atoms with van der Waals surface area (Å²) in [5, 5.41) is 9.91. The van der Waals surface area contributed by atoms with Gasteiger partial charge in [0.25, 0.3) is 0 Å². The van der Waals surface area contributed by atoms with E-state index in [2.05, 4.69) is 49.4 Å². The summed E-state index contributed by atoms with van der Waals surface area (Å²) in [4.78, 5) is 0. The van der Waals surface area contributed by atoms with Gasteiger partial charge in [-0.1, -0.05) is 33.3 Å². The van der Waals surface area contributed by atoms with Crippen molar-refractivity contribution in [1.82, 2.24) is 0 Å². The van der Waals surface area contributed by atoms with Crippen LogP contribution in [0.3, 0.4) is 0 Å². The summed E-state index contributed by atoms with van der Waals surface area (Å²) in [6.07, 6.45) is 4.06. The van der Waals surface area contributed by atoms with E-state index in [1.807, 2.05) is 0 Å². The van der Waals surface area contributed by atoms with Crippen molar-refractivity contribution in [2.24, 2.45) is 17.8 Å². The molecule has 0 spiro atoms. The molecule has 4 atom stereocenters. The highest BCUT2D eigenvalue weighted by atomic mass is 127. The smallest absolute Gasteiger partial charge is 0.0611 e. The van der Waals surface area contributed by atoms with Crippen LogP contribution < -0.4 is 0 Å². The highest BCUT2D eigenvalue weighted by Crippen LogP contribution is 2.39. The van der Waals surface area contributed by atoms with Crippen molar-refractivity contribution < 1.29 is 5.11 Å². The molecule has 0 saturated carbocycles. The van der Waals surface area contributed by atoms with E-state index >= 15 is 0 Å². The monoisotopic (exact) mass is 294 g/mol. The van der Waals surface area contributed by atoms with Gasteiger partial charge >= 0.3 is 0 Å². The van der Waals surface area contributed by atoms with Crippen molar-refractivity contribution in [3.05, 3.63) is 9.66 Å². The molecule has 1 aliphatic carbocycles. The second-order valence-electron chi connectivity index (χ2n) is 4.14. The van der Waals surface area contributed by atoms with Crippen LogP contribution in [0.4, 0.5) is 0 Å². The standard InChI is InChI=1S/C11H19IO/c1-4-7(2)11-8(3)9(12)5-6-10(11)13/h5,7-8,10-11,13H,4,6H2,1-3H3/t7-,8-,10+,11?/m1/s1. The van der Waals surface area contributed by atoms with Crippen LogP contribution in [0.15, 0.2) is 9.66 Å². The van der Waals surface area contributed by atoms with Crippen LogP contribution in [0.5, 0.6) is 0 Å². The number of rotatable bonds is 2. The van der Waals surface area contributed by atoms with Gasteiger partial charge in [0, 0.05) is 0 Å². The lowest BCUT2D eigenvalue weighted by Gasteiger charge is -2.36. The predicted octanol–water partition coefficient (Wildman–Crippen LogP) is 3.37. The summed E-state index contributed by atoms with van der Waals surface area (Å²) in [6, 6.07) is 0. The maximum atomic E-state index is 9.91. The van der Waals surface area contributed by atoms with Gasteiger partial charge < -0.3 is 5.11 Å². The van der Waals surface area contributed by atoms with Crippen molar-refractivity contribution in [2.75, 3.05) is 0 Å². The maximum absolute atomic E-state index is 9.91. The molecule has 0 fully saturated rings. The molecule has 1 N–H and O–H groups in total. The molecule has 13 heavy (non-hydrogen) atoms. The Morgan fingerprint density at radius 1 is 1.69 bits per heavy atom. The van der Waals surface area contributed by atoms with E-state index in [-0.39, 0.29) is 6.10 Å². The third-order valence-corrected chi connectivity index (χ3v) is 4.73. The third kappa shape index (κ3) is 2.46. The molecular formula is C11H19IO. The Balaban J connectivity index is 2.76. The van der Waals surface area contributed by atoms with Crippen LogP contribution in [0.1, 0.15) is 33.6 Å². The number of aliphatic hydroxyl groups is 1. The number of hydrogen-bond acceptors (Lipinski definition) is 1. The van der Waals surface area contributed by atoms with Crippen molar-refractivity contribution in [3.63, 3.8) is 0 Å². The maximum Gasteiger partial charge on any atom is 0.0611 e. The van der Waals surface area contributed by atoms with Crippen LogP contribution in [0, 0.1) is 17.8 Å². The molecule has 0 amide bonds. The van der Waals surface area contributed by atoms with Gasteiger partial charge in [-0.2, -0.15) is 0 Å². The zero-order valence-electron chi connectivity index (χ0n) is 8.63. The lowest BCUT2D eigenvalue weighted by atomic mass is 9.74. The fourth-order valence-electron chi connectivity index (χ4n) is 2.24. The summed E-state index contributed by atoms with van der Waals surface area (Å²) >= 11 is 2.41. The Labute approximate surface area is 94.7 Å². The van der Waals surface area contributed by atoms with Gasteiger partial charge in [0.1, 0.15) is 0 Å². The molecule has 1 rings (SSSR count). The molecule has 1 unspecified atom stereocenters. The van der Waals surface area contributed by atoms with Gasteiger partial charge in [-0.05, 0) is 50.3 Å². The van der Waals surface area contributed by atoms with Gasteiger partial charge in [0.05, 0.1) is 6.10 Å². The number of halogens is 1. The first kappa shape index (κ1) is 11.5. The molecule has 1 nitrogen and oxygen atoms in total. The van der Waals surface area contributed by atoms with Crippen molar-refractivity contribution in [3.8, 4) is 0 Å². The average molecular weight is 294 g/mol. The van der Waals surface area contributed by atoms with Crippen LogP contribution >= 0.6 is 22.6 Å². The topological polar surface area (TPSA) is 20.2 Å². The van der Waals surface area contributed by atoms with Crippen molar-refractivity contribution in [2.45, 2.75) is 39.7 Å². The summed E-state index contributed by atoms with van der Waals surface area (Å²) in [7, 11) is 0. The third-order valence-electron chi connectivity index (χ3n) is 3.31. The molecular weight excluding hydrogens is 275 g/mol. The molecule has 0 aromatic heterocycles. The normalized spacial score (nSPS) is 37.0. The Kier molecular flexibility index (Phi) is 4.23. The predicted molar refractivity (Wildman–Crippen MR) is 64.8 cm³/mol. The molecule has 0 saturated heterocycles. The molecule has 0 aliphatic heterocycles. The number of allylic oxidation sites excluding steroid dienone is 1. The quantitative estimate of drug-likeness (QED) is 0.774. The Hall–Kier alpha value is 0.430. The van der Waals surface area contributed by atoms with E-state index in [0.717, 1.165) is 12.8 Å². The highest BCUT2D eigenvalue weighted by Gasteiger charge is 2.33. The second-order valence-corrected chi connectivity index (χ2v) is 5.39. The SMILES string of the molecule is CC[C@@H](C)C1[C@H](C)C(I)=CC[C@@H]1O. The van der Waals surface area contributed by atoms with E-state index in [4.69, 9.17) is 0 Å². The van der Waals surface area contributed by atoms with Gasteiger partial charge in [-0.25, -0.2) is 0 Å². The summed E-state index contributed by atoms with van der Waals surface area (Å²) in [5.41, 5.74) is 0. The van der Waals surface area contributed by atoms with Crippen LogP contribution in [0.25, 0.3) is 0 Å². The molecule has 1 aliphatic rings. The molecule has 0 radical (unpaired) electrons. The molecule has 76 valence electrons. The zero-order valence-corrected chi connectivity index (χ0v) is 10.8. The number of hydrogen-bond donors (Lipinski definition) is 1. The van der Waals surface area contributed by atoms with Crippen LogP contribution in [-0.2, 0) is 0 Å². The Morgan fingerprint density at radius 2 is 2.31 bits per heavy atom. The first-order valence-electron chi connectivity index (χ1n) is 5.11. The fourth-order valence-corrected chi connectivity index (χ4v) is 2.91.